The molecule has 4 rings (SSSR count). The van der Waals surface area contributed by atoms with Gasteiger partial charge in [-0.3, -0.25) is 4.79 Å². The Morgan fingerprint density at radius 3 is 2.71 bits per heavy atom. The maximum Gasteiger partial charge on any atom is 0.317 e. The Labute approximate surface area is 141 Å². The van der Waals surface area contributed by atoms with Gasteiger partial charge in [-0.15, -0.1) is 0 Å². The molecule has 3 aliphatic heterocycles. The smallest absolute Gasteiger partial charge is 0.317 e. The van der Waals surface area contributed by atoms with Crippen LogP contribution < -0.4 is 10.1 Å². The van der Waals surface area contributed by atoms with Crippen molar-refractivity contribution in [3.05, 3.63) is 29.8 Å². The van der Waals surface area contributed by atoms with Crippen molar-refractivity contribution in [1.29, 1.82) is 0 Å². The summed E-state index contributed by atoms with van der Waals surface area (Å²) in [5, 5.41) is 2.85. The van der Waals surface area contributed by atoms with E-state index in [1.54, 1.807) is 0 Å². The number of carbonyl (C=O) groups excluding carboxylic acids is 2. The number of piperidine rings is 1. The molecule has 0 unspecified atom stereocenters. The number of amides is 3. The van der Waals surface area contributed by atoms with Crippen LogP contribution in [0.4, 0.5) is 4.79 Å². The van der Waals surface area contributed by atoms with Gasteiger partial charge in [-0.25, -0.2) is 4.79 Å². The normalized spacial score (nSPS) is 24.3. The van der Waals surface area contributed by atoms with Gasteiger partial charge < -0.3 is 19.9 Å². The molecule has 6 nitrogen and oxygen atoms in total. The SMILES string of the molecule is O=C([C@@H]1COc2ccccc2C1)N1CCC(N2CCNC2=O)CC1. The Bertz CT molecular complexity index is 640. The van der Waals surface area contributed by atoms with Gasteiger partial charge in [0.2, 0.25) is 5.91 Å². The molecule has 2 saturated heterocycles. The van der Waals surface area contributed by atoms with Crippen molar-refractivity contribution in [3.8, 4) is 5.75 Å². The Morgan fingerprint density at radius 1 is 1.17 bits per heavy atom. The number of para-hydroxylation sites is 1. The molecule has 0 aromatic heterocycles. The molecule has 1 aromatic carbocycles. The van der Waals surface area contributed by atoms with E-state index in [1.807, 2.05) is 34.1 Å². The molecule has 1 atom stereocenters. The lowest BCUT2D eigenvalue weighted by Gasteiger charge is -2.38. The maximum atomic E-state index is 12.8. The highest BCUT2D eigenvalue weighted by Crippen LogP contribution is 2.28. The zero-order valence-corrected chi connectivity index (χ0v) is 13.7. The molecule has 0 aliphatic carbocycles. The van der Waals surface area contributed by atoms with E-state index >= 15 is 0 Å². The summed E-state index contributed by atoms with van der Waals surface area (Å²) in [5.41, 5.74) is 1.12. The average molecular weight is 329 g/mol. The Morgan fingerprint density at radius 2 is 1.96 bits per heavy atom. The fourth-order valence-electron chi connectivity index (χ4n) is 3.98. The van der Waals surface area contributed by atoms with Gasteiger partial charge >= 0.3 is 6.03 Å². The van der Waals surface area contributed by atoms with Crippen LogP contribution in [0.2, 0.25) is 0 Å². The number of likely N-dealkylation sites (tertiary alicyclic amines) is 1. The standard InChI is InChI=1S/C18H23N3O3/c22-17(14-11-13-3-1-2-4-16(13)24-12-14)20-8-5-15(6-9-20)21-10-7-19-18(21)23/h1-4,14-15H,5-12H2,(H,19,23)/t14-/m0/s1. The van der Waals surface area contributed by atoms with Gasteiger partial charge in [0.25, 0.3) is 0 Å². The lowest BCUT2D eigenvalue weighted by atomic mass is 9.94. The largest absolute Gasteiger partial charge is 0.492 e. The van der Waals surface area contributed by atoms with E-state index in [2.05, 4.69) is 5.32 Å². The highest BCUT2D eigenvalue weighted by molar-refractivity contribution is 5.80. The van der Waals surface area contributed by atoms with E-state index < -0.39 is 0 Å². The number of urea groups is 1. The highest BCUT2D eigenvalue weighted by atomic mass is 16.5. The van der Waals surface area contributed by atoms with E-state index in [0.717, 1.165) is 56.8 Å². The molecule has 0 radical (unpaired) electrons. The number of hydrogen-bond acceptors (Lipinski definition) is 3. The van der Waals surface area contributed by atoms with Gasteiger partial charge in [-0.2, -0.15) is 0 Å². The van der Waals surface area contributed by atoms with E-state index in [1.165, 1.54) is 0 Å². The number of nitrogens with one attached hydrogen (secondary N) is 1. The van der Waals surface area contributed by atoms with Crippen LogP contribution in [0.15, 0.2) is 24.3 Å². The minimum Gasteiger partial charge on any atom is -0.492 e. The Balaban J connectivity index is 1.34. The van der Waals surface area contributed by atoms with Crippen LogP contribution in [0.3, 0.4) is 0 Å². The molecule has 1 N–H and O–H groups in total. The summed E-state index contributed by atoms with van der Waals surface area (Å²) in [6.07, 6.45) is 2.48. The van der Waals surface area contributed by atoms with Crippen LogP contribution in [0.1, 0.15) is 18.4 Å². The van der Waals surface area contributed by atoms with Crippen molar-refractivity contribution in [1.82, 2.24) is 15.1 Å². The van der Waals surface area contributed by atoms with Gasteiger partial charge in [0.1, 0.15) is 12.4 Å². The maximum absolute atomic E-state index is 12.8. The van der Waals surface area contributed by atoms with Gasteiger partial charge in [-0.1, -0.05) is 18.2 Å². The van der Waals surface area contributed by atoms with Crippen molar-refractivity contribution in [2.45, 2.75) is 25.3 Å². The number of hydrogen-bond donors (Lipinski definition) is 1. The number of fused-ring (bicyclic) bond motifs is 1. The molecule has 3 amide bonds. The lowest BCUT2D eigenvalue weighted by molar-refractivity contribution is -0.138. The van der Waals surface area contributed by atoms with E-state index in [-0.39, 0.29) is 23.9 Å². The topological polar surface area (TPSA) is 61.9 Å². The van der Waals surface area contributed by atoms with Crippen LogP contribution in [0, 0.1) is 5.92 Å². The van der Waals surface area contributed by atoms with Crippen molar-refractivity contribution in [2.75, 3.05) is 32.8 Å². The molecule has 24 heavy (non-hydrogen) atoms. The first kappa shape index (κ1) is 15.3. The molecule has 3 heterocycles. The number of rotatable bonds is 2. The summed E-state index contributed by atoms with van der Waals surface area (Å²) in [4.78, 5) is 28.4. The average Bonchev–Trinajstić information content (AvgIpc) is 3.07. The molecular formula is C18H23N3O3. The van der Waals surface area contributed by atoms with Crippen LogP contribution in [0.5, 0.6) is 5.75 Å². The molecule has 0 bridgehead atoms. The fourth-order valence-corrected chi connectivity index (χ4v) is 3.98. The molecular weight excluding hydrogens is 306 g/mol. The van der Waals surface area contributed by atoms with E-state index in [4.69, 9.17) is 4.74 Å². The first-order valence-electron chi connectivity index (χ1n) is 8.76. The number of carbonyl (C=O) groups is 2. The summed E-state index contributed by atoms with van der Waals surface area (Å²) >= 11 is 0. The van der Waals surface area contributed by atoms with E-state index in [0.29, 0.717) is 6.61 Å². The summed E-state index contributed by atoms with van der Waals surface area (Å²) < 4.78 is 5.76. The molecule has 0 saturated carbocycles. The predicted molar refractivity (Wildman–Crippen MR) is 88.8 cm³/mol. The summed E-state index contributed by atoms with van der Waals surface area (Å²) in [5.74, 6) is 1.00. The zero-order chi connectivity index (χ0) is 16.5. The number of ether oxygens (including phenoxy) is 1. The van der Waals surface area contributed by atoms with Crippen molar-refractivity contribution in [2.24, 2.45) is 5.92 Å². The van der Waals surface area contributed by atoms with Crippen LogP contribution >= 0.6 is 0 Å². The Hall–Kier alpha value is -2.24. The second kappa shape index (κ2) is 6.34. The van der Waals surface area contributed by atoms with E-state index in [9.17, 15) is 9.59 Å². The summed E-state index contributed by atoms with van der Waals surface area (Å²) in [6.45, 7) is 3.43. The van der Waals surface area contributed by atoms with Crippen LogP contribution in [0.25, 0.3) is 0 Å². The van der Waals surface area contributed by atoms with Crippen LogP contribution in [-0.2, 0) is 11.2 Å². The predicted octanol–water partition coefficient (Wildman–Crippen LogP) is 1.25. The van der Waals surface area contributed by atoms with Crippen molar-refractivity contribution < 1.29 is 14.3 Å². The molecule has 2 fully saturated rings. The quantitative estimate of drug-likeness (QED) is 0.888. The molecule has 128 valence electrons. The molecule has 6 heteroatoms. The molecule has 3 aliphatic rings. The third-order valence-corrected chi connectivity index (χ3v) is 5.33. The van der Waals surface area contributed by atoms with Gasteiger partial charge in [-0.05, 0) is 30.9 Å². The van der Waals surface area contributed by atoms with Crippen molar-refractivity contribution >= 4 is 11.9 Å². The monoisotopic (exact) mass is 329 g/mol. The van der Waals surface area contributed by atoms with Gasteiger partial charge in [0.05, 0.1) is 5.92 Å². The highest BCUT2D eigenvalue weighted by Gasteiger charge is 2.35. The number of nitrogens with zero attached hydrogens (tertiary/aromatic N) is 2. The Kier molecular flexibility index (Phi) is 4.04. The second-order valence-corrected chi connectivity index (χ2v) is 6.80. The number of benzene rings is 1. The van der Waals surface area contributed by atoms with Crippen molar-refractivity contribution in [3.63, 3.8) is 0 Å². The fraction of sp³-hybridized carbons (Fsp3) is 0.556. The minimum absolute atomic E-state index is 0.0389. The van der Waals surface area contributed by atoms with Gasteiger partial charge in [0, 0.05) is 32.2 Å². The zero-order valence-electron chi connectivity index (χ0n) is 13.7. The summed E-state index contributed by atoms with van der Waals surface area (Å²) in [7, 11) is 0. The summed E-state index contributed by atoms with van der Waals surface area (Å²) in [6, 6.07) is 8.24. The van der Waals surface area contributed by atoms with Crippen LogP contribution in [-0.4, -0.2) is 60.6 Å². The molecule has 0 spiro atoms. The first-order chi connectivity index (χ1) is 11.7. The minimum atomic E-state index is -0.0912. The third kappa shape index (κ3) is 2.81. The second-order valence-electron chi connectivity index (χ2n) is 6.80. The molecule has 1 aromatic rings. The first-order valence-corrected chi connectivity index (χ1v) is 8.76. The third-order valence-electron chi connectivity index (χ3n) is 5.33. The van der Waals surface area contributed by atoms with Gasteiger partial charge in [0.15, 0.2) is 0 Å². The lowest BCUT2D eigenvalue weighted by Crippen LogP contribution is -2.50.